The third kappa shape index (κ3) is 10.5. The van der Waals surface area contributed by atoms with Crippen LogP contribution in [0.4, 0.5) is 0 Å². The normalized spacial score (nSPS) is 10.9. The summed E-state index contributed by atoms with van der Waals surface area (Å²) in [6.07, 6.45) is 6.38. The lowest BCUT2D eigenvalue weighted by atomic mass is 9.96. The van der Waals surface area contributed by atoms with E-state index < -0.39 is 11.9 Å². The van der Waals surface area contributed by atoms with E-state index in [9.17, 15) is 19.8 Å². The van der Waals surface area contributed by atoms with Crippen molar-refractivity contribution in [1.29, 1.82) is 0 Å². The lowest BCUT2D eigenvalue weighted by Gasteiger charge is -2.16. The molecule has 0 atom stereocenters. The maximum absolute atomic E-state index is 11.5. The Morgan fingerprint density at radius 3 is 1.98 bits per heavy atom. The third-order valence-corrected chi connectivity index (χ3v) is 8.48. The smallest absolute Gasteiger partial charge is 0.335 e. The minimum absolute atomic E-state index is 0.0300. The number of hydrogen-bond acceptors (Lipinski definition) is 5. The van der Waals surface area contributed by atoms with Gasteiger partial charge in [0.25, 0.3) is 0 Å². The van der Waals surface area contributed by atoms with Gasteiger partial charge in [0.15, 0.2) is 0 Å². The summed E-state index contributed by atoms with van der Waals surface area (Å²) in [6.45, 7) is 0.983. The van der Waals surface area contributed by atoms with Crippen molar-refractivity contribution in [3.8, 4) is 34.0 Å². The fraction of sp³-hybridized carbons (Fsp3) is 0.262. The molecule has 0 radical (unpaired) electrons. The van der Waals surface area contributed by atoms with Crippen molar-refractivity contribution in [3.63, 3.8) is 0 Å². The van der Waals surface area contributed by atoms with Crippen molar-refractivity contribution in [3.05, 3.63) is 138 Å². The molecule has 0 fully saturated rings. The summed E-state index contributed by atoms with van der Waals surface area (Å²) in [5.74, 6) is -0.452. The highest BCUT2D eigenvalue weighted by atomic mass is 16.5. The number of carbonyl (C=O) groups is 2. The lowest BCUT2D eigenvalue weighted by Crippen LogP contribution is -2.08. The molecule has 0 amide bonds. The Morgan fingerprint density at radius 2 is 1.22 bits per heavy atom. The second-order valence-electron chi connectivity index (χ2n) is 12.0. The number of aliphatic carboxylic acids is 1. The highest BCUT2D eigenvalue weighted by molar-refractivity contribution is 5.89. The summed E-state index contributed by atoms with van der Waals surface area (Å²) in [4.78, 5) is 27.8. The van der Waals surface area contributed by atoms with Crippen molar-refractivity contribution in [2.45, 2.75) is 57.8 Å². The number of carboxylic acid groups (broad SMARTS) is 2. The van der Waals surface area contributed by atoms with Gasteiger partial charge in [0.1, 0.15) is 5.75 Å². The van der Waals surface area contributed by atoms with Gasteiger partial charge in [-0.15, -0.1) is 0 Å². The molecule has 7 heteroatoms. The number of aromatic carboxylic acids is 1. The number of nitrogens with zero attached hydrogens (tertiary/aromatic N) is 1. The molecule has 4 aromatic carbocycles. The van der Waals surface area contributed by atoms with Crippen LogP contribution in [0.15, 0.2) is 115 Å². The van der Waals surface area contributed by atoms with Gasteiger partial charge in [0.2, 0.25) is 5.88 Å². The van der Waals surface area contributed by atoms with E-state index in [-0.39, 0.29) is 6.42 Å². The van der Waals surface area contributed by atoms with Crippen LogP contribution in [-0.2, 0) is 24.1 Å². The van der Waals surface area contributed by atoms with E-state index in [0.29, 0.717) is 49.7 Å². The van der Waals surface area contributed by atoms with Gasteiger partial charge in [-0.2, -0.15) is 0 Å². The fourth-order valence-corrected chi connectivity index (χ4v) is 5.97. The molecule has 0 aliphatic rings. The number of ether oxygens (including phenoxy) is 2. The van der Waals surface area contributed by atoms with E-state index in [1.165, 1.54) is 0 Å². The fourth-order valence-electron chi connectivity index (χ4n) is 5.97. The molecule has 1 aromatic heterocycles. The zero-order chi connectivity index (χ0) is 34.3. The molecule has 252 valence electrons. The molecule has 49 heavy (non-hydrogen) atoms. The van der Waals surface area contributed by atoms with Crippen LogP contribution in [0.2, 0.25) is 0 Å². The molecule has 7 nitrogen and oxygen atoms in total. The lowest BCUT2D eigenvalue weighted by molar-refractivity contribution is -0.136. The van der Waals surface area contributed by atoms with Gasteiger partial charge in [-0.05, 0) is 84.5 Å². The van der Waals surface area contributed by atoms with Gasteiger partial charge in [-0.3, -0.25) is 4.79 Å². The second kappa shape index (κ2) is 18.2. The minimum Gasteiger partial charge on any atom is -0.493 e. The quantitative estimate of drug-likeness (QED) is 0.0853. The minimum atomic E-state index is -0.934. The van der Waals surface area contributed by atoms with E-state index in [1.807, 2.05) is 66.7 Å². The summed E-state index contributed by atoms with van der Waals surface area (Å²) in [5.41, 5.74) is 7.25. The molecule has 0 aliphatic heterocycles. The van der Waals surface area contributed by atoms with Crippen molar-refractivity contribution < 1.29 is 29.3 Å². The Kier molecular flexibility index (Phi) is 13.0. The first-order valence-corrected chi connectivity index (χ1v) is 17.0. The van der Waals surface area contributed by atoms with Crippen LogP contribution in [0, 0.1) is 0 Å². The highest BCUT2D eigenvalue weighted by Crippen LogP contribution is 2.29. The van der Waals surface area contributed by atoms with Gasteiger partial charge >= 0.3 is 11.9 Å². The van der Waals surface area contributed by atoms with E-state index in [4.69, 9.17) is 14.5 Å². The number of unbranched alkanes of at least 4 members (excludes halogenated alkanes) is 3. The Hall–Kier alpha value is -5.43. The largest absolute Gasteiger partial charge is 0.493 e. The zero-order valence-electron chi connectivity index (χ0n) is 27.7. The molecule has 0 spiro atoms. The van der Waals surface area contributed by atoms with Crippen LogP contribution in [-0.4, -0.2) is 40.3 Å². The van der Waals surface area contributed by atoms with Gasteiger partial charge in [-0.1, -0.05) is 104 Å². The van der Waals surface area contributed by atoms with Crippen molar-refractivity contribution >= 4 is 11.9 Å². The molecule has 0 saturated carbocycles. The van der Waals surface area contributed by atoms with Crippen molar-refractivity contribution in [2.75, 3.05) is 13.2 Å². The first-order chi connectivity index (χ1) is 24.0. The molecule has 5 aromatic rings. The molecule has 0 bridgehead atoms. The molecule has 5 rings (SSSR count). The summed E-state index contributed by atoms with van der Waals surface area (Å²) < 4.78 is 12.3. The van der Waals surface area contributed by atoms with Crippen LogP contribution >= 0.6 is 0 Å². The average Bonchev–Trinajstić information content (AvgIpc) is 3.13. The Bertz CT molecular complexity index is 1750. The van der Waals surface area contributed by atoms with E-state index in [2.05, 4.69) is 36.4 Å². The number of hydrogen-bond donors (Lipinski definition) is 2. The monoisotopic (exact) mass is 657 g/mol. The molecular weight excluding hydrogens is 614 g/mol. The molecule has 0 aliphatic carbocycles. The Morgan fingerprint density at radius 1 is 0.571 bits per heavy atom. The number of carboxylic acids is 2. The highest BCUT2D eigenvalue weighted by Gasteiger charge is 2.13. The number of benzene rings is 4. The SMILES string of the molecule is O=C(O)CCc1c(CCCCCCOc2cc(-c3ccccc3)cc(-c3ccccc3)n2)cccc1OCCCc1ccccc1C(=O)O. The Labute approximate surface area is 288 Å². The topological polar surface area (TPSA) is 106 Å². The van der Waals surface area contributed by atoms with Gasteiger partial charge in [0.05, 0.1) is 24.5 Å². The number of aromatic nitrogens is 1. The molecule has 1 heterocycles. The van der Waals surface area contributed by atoms with Crippen LogP contribution in [0.1, 0.15) is 65.6 Å². The summed E-state index contributed by atoms with van der Waals surface area (Å²) in [7, 11) is 0. The van der Waals surface area contributed by atoms with E-state index >= 15 is 0 Å². The van der Waals surface area contributed by atoms with E-state index in [0.717, 1.165) is 71.2 Å². The van der Waals surface area contributed by atoms with Gasteiger partial charge in [0, 0.05) is 18.1 Å². The van der Waals surface area contributed by atoms with Gasteiger partial charge in [-0.25, -0.2) is 9.78 Å². The van der Waals surface area contributed by atoms with Crippen LogP contribution in [0.25, 0.3) is 22.4 Å². The summed E-state index contributed by atoms with van der Waals surface area (Å²) >= 11 is 0. The number of pyridine rings is 1. The van der Waals surface area contributed by atoms with Crippen LogP contribution < -0.4 is 9.47 Å². The van der Waals surface area contributed by atoms with Gasteiger partial charge < -0.3 is 19.7 Å². The first-order valence-electron chi connectivity index (χ1n) is 17.0. The van der Waals surface area contributed by atoms with Crippen LogP contribution in [0.3, 0.4) is 0 Å². The van der Waals surface area contributed by atoms with Crippen molar-refractivity contribution in [2.24, 2.45) is 0 Å². The standard InChI is InChI=1S/C42H43NO6/c44-41(45)26-25-36-32(21-13-24-39(36)48-28-14-22-33-18-10-11-23-37(33)42(46)47)17-5-1-2-12-27-49-40-30-35(31-15-6-3-7-16-31)29-38(43-40)34-19-8-4-9-20-34/h3-4,6-11,13,15-16,18-21,23-24,29-30H,1-2,5,12,14,17,22,25-28H2,(H,44,45)(H,46,47). The number of aryl methyl sites for hydroxylation is 2. The molecule has 2 N–H and O–H groups in total. The molecule has 0 unspecified atom stereocenters. The average molecular weight is 658 g/mol. The van der Waals surface area contributed by atoms with E-state index in [1.54, 1.807) is 12.1 Å². The number of rotatable bonds is 19. The first kappa shape index (κ1) is 34.9. The third-order valence-electron chi connectivity index (χ3n) is 8.48. The molecular formula is C42H43NO6. The summed E-state index contributed by atoms with van der Waals surface area (Å²) in [5, 5.41) is 18.8. The zero-order valence-corrected chi connectivity index (χ0v) is 27.7. The molecule has 0 saturated heterocycles. The van der Waals surface area contributed by atoms with Crippen LogP contribution in [0.5, 0.6) is 11.6 Å². The predicted molar refractivity (Wildman–Crippen MR) is 192 cm³/mol. The Balaban J connectivity index is 1.12. The summed E-state index contributed by atoms with van der Waals surface area (Å²) in [6, 6.07) is 37.4. The predicted octanol–water partition coefficient (Wildman–Crippen LogP) is 9.32. The maximum Gasteiger partial charge on any atom is 0.335 e. The maximum atomic E-state index is 11.5. The second-order valence-corrected chi connectivity index (χ2v) is 12.0. The van der Waals surface area contributed by atoms with Crippen molar-refractivity contribution in [1.82, 2.24) is 4.98 Å².